The highest BCUT2D eigenvalue weighted by Crippen LogP contribution is 2.31. The van der Waals surface area contributed by atoms with Gasteiger partial charge in [0.2, 0.25) is 0 Å². The molecule has 4 rings (SSSR count). The molecule has 0 bridgehead atoms. The molecule has 1 amide bonds. The fraction of sp³-hybridized carbons (Fsp3) is 0.304. The molecule has 2 aromatic carbocycles. The van der Waals surface area contributed by atoms with Crippen LogP contribution in [0.4, 0.5) is 15.2 Å². The summed E-state index contributed by atoms with van der Waals surface area (Å²) in [7, 11) is 2.14. The summed E-state index contributed by atoms with van der Waals surface area (Å²) in [5.74, 6) is -0.757. The Morgan fingerprint density at radius 2 is 1.90 bits per heavy atom. The van der Waals surface area contributed by atoms with Gasteiger partial charge in [-0.3, -0.25) is 4.79 Å². The molecule has 1 saturated carbocycles. The average molecular weight is 410 g/mol. The first kappa shape index (κ1) is 19.6. The molecule has 150 valence electrons. The third kappa shape index (κ3) is 4.65. The number of thiazole rings is 1. The number of carbonyl (C=O) groups excluding carboxylic acids is 1. The number of hydrogen-bond donors (Lipinski definition) is 1. The number of nitrogens with zero attached hydrogens (tertiary/aromatic N) is 2. The van der Waals surface area contributed by atoms with Crippen LogP contribution in [-0.2, 0) is 0 Å². The van der Waals surface area contributed by atoms with Crippen molar-refractivity contribution in [3.63, 3.8) is 0 Å². The number of aromatic nitrogens is 1. The van der Waals surface area contributed by atoms with E-state index < -0.39 is 5.82 Å². The molecule has 1 aliphatic carbocycles. The quantitative estimate of drug-likeness (QED) is 0.565. The standard InChI is InChI=1S/C23H24FN3OS/c1-27(20-8-3-2-4-9-20)23-26-21(15-29-23)16-10-12-19(13-11-16)25-22(28)17-6-5-7-18(24)14-17/h5-7,10-15,20H,2-4,8-9H2,1H3,(H,25,28). The van der Waals surface area contributed by atoms with Crippen molar-refractivity contribution in [1.82, 2.24) is 4.98 Å². The van der Waals surface area contributed by atoms with Gasteiger partial charge in [0.25, 0.3) is 5.91 Å². The van der Waals surface area contributed by atoms with E-state index in [1.807, 2.05) is 24.3 Å². The highest BCUT2D eigenvalue weighted by molar-refractivity contribution is 7.14. The second-order valence-corrected chi connectivity index (χ2v) is 8.30. The van der Waals surface area contributed by atoms with Crippen LogP contribution in [0, 0.1) is 5.82 Å². The van der Waals surface area contributed by atoms with Crippen molar-refractivity contribution in [1.29, 1.82) is 0 Å². The first-order valence-electron chi connectivity index (χ1n) is 9.96. The molecular weight excluding hydrogens is 385 g/mol. The summed E-state index contributed by atoms with van der Waals surface area (Å²) in [4.78, 5) is 19.4. The number of rotatable bonds is 5. The maximum Gasteiger partial charge on any atom is 0.255 e. The highest BCUT2D eigenvalue weighted by atomic mass is 32.1. The summed E-state index contributed by atoms with van der Waals surface area (Å²) < 4.78 is 13.3. The van der Waals surface area contributed by atoms with E-state index in [1.165, 1.54) is 50.3 Å². The number of carbonyl (C=O) groups is 1. The number of hydrogen-bond acceptors (Lipinski definition) is 4. The number of benzene rings is 2. The van der Waals surface area contributed by atoms with Crippen LogP contribution in [0.2, 0.25) is 0 Å². The van der Waals surface area contributed by atoms with Crippen molar-refractivity contribution in [2.24, 2.45) is 0 Å². The van der Waals surface area contributed by atoms with E-state index in [4.69, 9.17) is 4.98 Å². The Morgan fingerprint density at radius 3 is 2.62 bits per heavy atom. The normalized spacial score (nSPS) is 14.6. The Morgan fingerprint density at radius 1 is 1.14 bits per heavy atom. The smallest absolute Gasteiger partial charge is 0.255 e. The molecule has 0 saturated heterocycles. The van der Waals surface area contributed by atoms with E-state index in [0.717, 1.165) is 16.4 Å². The number of nitrogens with one attached hydrogen (secondary N) is 1. The van der Waals surface area contributed by atoms with E-state index in [-0.39, 0.29) is 5.91 Å². The number of anilines is 2. The zero-order valence-electron chi connectivity index (χ0n) is 16.4. The summed E-state index contributed by atoms with van der Waals surface area (Å²) in [5, 5.41) is 5.93. The molecule has 0 spiro atoms. The lowest BCUT2D eigenvalue weighted by molar-refractivity contribution is 0.102. The van der Waals surface area contributed by atoms with Gasteiger partial charge in [0, 0.05) is 35.3 Å². The third-order valence-corrected chi connectivity index (χ3v) is 6.37. The molecule has 0 unspecified atom stereocenters. The molecule has 1 heterocycles. The van der Waals surface area contributed by atoms with Gasteiger partial charge >= 0.3 is 0 Å². The summed E-state index contributed by atoms with van der Waals surface area (Å²) in [5.41, 5.74) is 2.91. The first-order valence-corrected chi connectivity index (χ1v) is 10.8. The van der Waals surface area contributed by atoms with Gasteiger partial charge in [0.1, 0.15) is 5.82 Å². The molecule has 0 atom stereocenters. The van der Waals surface area contributed by atoms with Crippen molar-refractivity contribution in [2.75, 3.05) is 17.3 Å². The third-order valence-electron chi connectivity index (χ3n) is 5.44. The van der Waals surface area contributed by atoms with Crippen LogP contribution in [0.3, 0.4) is 0 Å². The predicted molar refractivity (Wildman–Crippen MR) is 117 cm³/mol. The van der Waals surface area contributed by atoms with Gasteiger partial charge in [0.05, 0.1) is 5.69 Å². The monoisotopic (exact) mass is 409 g/mol. The summed E-state index contributed by atoms with van der Waals surface area (Å²) in [6, 6.07) is 13.8. The molecule has 4 nitrogen and oxygen atoms in total. The largest absolute Gasteiger partial charge is 0.348 e. The van der Waals surface area contributed by atoms with E-state index in [2.05, 4.69) is 22.6 Å². The van der Waals surface area contributed by atoms with Gasteiger partial charge in [-0.25, -0.2) is 9.37 Å². The predicted octanol–water partition coefficient (Wildman–Crippen LogP) is 5.97. The minimum absolute atomic E-state index is 0.295. The van der Waals surface area contributed by atoms with Crippen molar-refractivity contribution in [3.8, 4) is 11.3 Å². The number of halogens is 1. The van der Waals surface area contributed by atoms with E-state index in [1.54, 1.807) is 17.4 Å². The van der Waals surface area contributed by atoms with Crippen molar-refractivity contribution in [3.05, 3.63) is 65.3 Å². The minimum Gasteiger partial charge on any atom is -0.348 e. The van der Waals surface area contributed by atoms with Gasteiger partial charge in [-0.05, 0) is 43.2 Å². The SMILES string of the molecule is CN(c1nc(-c2ccc(NC(=O)c3cccc(F)c3)cc2)cs1)C1CCCCC1. The van der Waals surface area contributed by atoms with Crippen LogP contribution in [0.25, 0.3) is 11.3 Å². The van der Waals surface area contributed by atoms with Gasteiger partial charge < -0.3 is 10.2 Å². The first-order chi connectivity index (χ1) is 14.1. The van der Waals surface area contributed by atoms with Crippen LogP contribution in [0.5, 0.6) is 0 Å². The van der Waals surface area contributed by atoms with E-state index in [0.29, 0.717) is 17.3 Å². The van der Waals surface area contributed by atoms with Crippen molar-refractivity contribution in [2.45, 2.75) is 38.1 Å². The topological polar surface area (TPSA) is 45.2 Å². The summed E-state index contributed by atoms with van der Waals surface area (Å²) in [6.45, 7) is 0. The molecule has 0 aliphatic heterocycles. The zero-order valence-corrected chi connectivity index (χ0v) is 17.2. The maximum atomic E-state index is 13.3. The molecule has 6 heteroatoms. The van der Waals surface area contributed by atoms with Crippen LogP contribution >= 0.6 is 11.3 Å². The minimum atomic E-state index is -0.425. The van der Waals surface area contributed by atoms with E-state index >= 15 is 0 Å². The summed E-state index contributed by atoms with van der Waals surface area (Å²) in [6.07, 6.45) is 6.43. The lowest BCUT2D eigenvalue weighted by atomic mass is 9.95. The van der Waals surface area contributed by atoms with Crippen molar-refractivity contribution < 1.29 is 9.18 Å². The fourth-order valence-electron chi connectivity index (χ4n) is 3.74. The molecule has 0 radical (unpaired) electrons. The van der Waals surface area contributed by atoms with Crippen LogP contribution in [-0.4, -0.2) is 24.0 Å². The number of amides is 1. The van der Waals surface area contributed by atoms with Gasteiger partial charge in [-0.15, -0.1) is 11.3 Å². The lowest BCUT2D eigenvalue weighted by Gasteiger charge is -2.30. The van der Waals surface area contributed by atoms with E-state index in [9.17, 15) is 9.18 Å². The van der Waals surface area contributed by atoms with Gasteiger partial charge in [-0.2, -0.15) is 0 Å². The molecule has 1 fully saturated rings. The van der Waals surface area contributed by atoms with Crippen molar-refractivity contribution >= 4 is 28.1 Å². The maximum absolute atomic E-state index is 13.3. The van der Waals surface area contributed by atoms with Crippen LogP contribution < -0.4 is 10.2 Å². The van der Waals surface area contributed by atoms with Crippen LogP contribution in [0.15, 0.2) is 53.9 Å². The highest BCUT2D eigenvalue weighted by Gasteiger charge is 2.20. The Bertz CT molecular complexity index is 980. The Labute approximate surface area is 174 Å². The molecule has 29 heavy (non-hydrogen) atoms. The Hall–Kier alpha value is -2.73. The lowest BCUT2D eigenvalue weighted by Crippen LogP contribution is -2.33. The van der Waals surface area contributed by atoms with Crippen LogP contribution in [0.1, 0.15) is 42.5 Å². The second kappa shape index (κ2) is 8.74. The Kier molecular flexibility index (Phi) is 5.90. The molecule has 1 N–H and O–H groups in total. The molecule has 1 aromatic heterocycles. The molecule has 3 aromatic rings. The molecular formula is C23H24FN3OS. The zero-order chi connectivity index (χ0) is 20.2. The second-order valence-electron chi connectivity index (χ2n) is 7.46. The fourth-order valence-corrected chi connectivity index (χ4v) is 4.61. The molecule has 1 aliphatic rings. The Balaban J connectivity index is 1.43. The summed E-state index contributed by atoms with van der Waals surface area (Å²) >= 11 is 1.67. The average Bonchev–Trinajstić information content (AvgIpc) is 3.24. The van der Waals surface area contributed by atoms with Gasteiger partial charge in [-0.1, -0.05) is 37.5 Å². The van der Waals surface area contributed by atoms with Gasteiger partial charge in [0.15, 0.2) is 5.13 Å².